The molecule has 0 aliphatic carbocycles. The molecule has 0 amide bonds. The Morgan fingerprint density at radius 1 is 1.26 bits per heavy atom. The number of hydrogen-bond donors (Lipinski definition) is 0. The number of aryl methyl sites for hydroxylation is 1. The van der Waals surface area contributed by atoms with E-state index in [0.29, 0.717) is 18.2 Å². The fourth-order valence-corrected chi connectivity index (χ4v) is 3.40. The molecule has 7 nitrogen and oxygen atoms in total. The van der Waals surface area contributed by atoms with Gasteiger partial charge in [0.2, 0.25) is 0 Å². The molecule has 3 aromatic rings. The Labute approximate surface area is 171 Å². The van der Waals surface area contributed by atoms with Crippen molar-refractivity contribution in [3.05, 3.63) is 34.1 Å². The summed E-state index contributed by atoms with van der Waals surface area (Å²) in [6, 6.07) is 3.88. The number of benzene rings is 1. The quantitative estimate of drug-likeness (QED) is 0.291. The lowest BCUT2D eigenvalue weighted by Gasteiger charge is -2.10. The minimum Gasteiger partial charge on any atom is -0.496 e. The van der Waals surface area contributed by atoms with Crippen molar-refractivity contribution >= 4 is 39.5 Å². The number of aromatic nitrogens is 4. The number of nitrogens with zero attached hydrogens (tertiary/aromatic N) is 4. The molecule has 0 bridgehead atoms. The number of carbonyl (C=O) groups excluding carboxylic acids is 1. The number of hydrogen-bond acceptors (Lipinski definition) is 6. The second kappa shape index (κ2) is 8.64. The highest BCUT2D eigenvalue weighted by molar-refractivity contribution is 14.1. The van der Waals surface area contributed by atoms with E-state index in [1.165, 1.54) is 0 Å². The van der Waals surface area contributed by atoms with Crippen LogP contribution in [0.4, 0.5) is 0 Å². The summed E-state index contributed by atoms with van der Waals surface area (Å²) in [7, 11) is 1.62. The highest BCUT2D eigenvalue weighted by Crippen LogP contribution is 2.35. The van der Waals surface area contributed by atoms with Crippen LogP contribution < -0.4 is 4.74 Å². The first-order valence-corrected chi connectivity index (χ1v) is 9.80. The fourth-order valence-electron chi connectivity index (χ4n) is 2.71. The molecule has 0 N–H and O–H groups in total. The van der Waals surface area contributed by atoms with E-state index in [2.05, 4.69) is 44.6 Å². The average Bonchev–Trinajstić information content (AvgIpc) is 2.96. The van der Waals surface area contributed by atoms with Gasteiger partial charge >= 0.3 is 5.97 Å². The largest absolute Gasteiger partial charge is 0.496 e. The van der Waals surface area contributed by atoms with E-state index in [-0.39, 0.29) is 12.5 Å². The highest BCUT2D eigenvalue weighted by atomic mass is 127. The minimum atomic E-state index is -0.292. The predicted octanol–water partition coefficient (Wildman–Crippen LogP) is 3.76. The molecule has 0 radical (unpaired) electrons. The maximum absolute atomic E-state index is 12.1. The Bertz CT molecular complexity index is 954. The smallest absolute Gasteiger partial charge is 0.327 e. The summed E-state index contributed by atoms with van der Waals surface area (Å²) in [4.78, 5) is 20.6. The van der Waals surface area contributed by atoms with Crippen molar-refractivity contribution in [1.82, 2.24) is 19.7 Å². The third-order valence-corrected chi connectivity index (χ3v) is 4.96. The van der Waals surface area contributed by atoms with E-state index in [1.807, 2.05) is 19.1 Å². The zero-order valence-corrected chi connectivity index (χ0v) is 17.7. The number of unbranched alkanes of at least 4 members (excludes halogenated alkanes) is 1. The number of carbonyl (C=O) groups is 1. The van der Waals surface area contributed by atoms with E-state index < -0.39 is 0 Å². The number of rotatable bonds is 7. The first-order chi connectivity index (χ1) is 13.0. The third kappa shape index (κ3) is 4.37. The fraction of sp³-hybridized carbons (Fsp3) is 0.368. The third-order valence-electron chi connectivity index (χ3n) is 4.16. The van der Waals surface area contributed by atoms with Gasteiger partial charge in [-0.3, -0.25) is 9.48 Å². The van der Waals surface area contributed by atoms with Crippen molar-refractivity contribution in [2.24, 2.45) is 0 Å². The van der Waals surface area contributed by atoms with Crippen molar-refractivity contribution in [3.63, 3.8) is 0 Å². The number of methoxy groups -OCH3 is 1. The van der Waals surface area contributed by atoms with Crippen LogP contribution in [0.1, 0.15) is 25.6 Å². The van der Waals surface area contributed by atoms with Crippen LogP contribution in [0.2, 0.25) is 0 Å². The minimum absolute atomic E-state index is 0.0688. The first-order valence-electron chi connectivity index (χ1n) is 8.72. The van der Waals surface area contributed by atoms with Crippen molar-refractivity contribution in [2.45, 2.75) is 33.2 Å². The van der Waals surface area contributed by atoms with Gasteiger partial charge in [0, 0.05) is 35.0 Å². The van der Waals surface area contributed by atoms with Gasteiger partial charge in [-0.25, -0.2) is 9.97 Å². The molecule has 0 saturated heterocycles. The summed E-state index contributed by atoms with van der Waals surface area (Å²) in [6.07, 6.45) is 5.39. The van der Waals surface area contributed by atoms with E-state index in [9.17, 15) is 4.79 Å². The molecule has 142 valence electrons. The molecule has 2 heterocycles. The molecule has 27 heavy (non-hydrogen) atoms. The molecule has 0 saturated carbocycles. The van der Waals surface area contributed by atoms with E-state index >= 15 is 0 Å². The molecule has 2 aromatic heterocycles. The molecule has 0 unspecified atom stereocenters. The second-order valence-corrected chi connectivity index (χ2v) is 7.13. The lowest BCUT2D eigenvalue weighted by atomic mass is 10.1. The van der Waals surface area contributed by atoms with E-state index in [4.69, 9.17) is 9.47 Å². The maximum atomic E-state index is 12.1. The van der Waals surface area contributed by atoms with Crippen LogP contribution in [0.3, 0.4) is 0 Å². The molecule has 0 aliphatic rings. The number of ether oxygens (including phenoxy) is 2. The molecule has 3 rings (SSSR count). The number of esters is 1. The van der Waals surface area contributed by atoms with Crippen LogP contribution in [-0.2, 0) is 16.1 Å². The summed E-state index contributed by atoms with van der Waals surface area (Å²) in [6.45, 7) is 4.41. The van der Waals surface area contributed by atoms with E-state index in [1.54, 1.807) is 24.2 Å². The van der Waals surface area contributed by atoms with Crippen LogP contribution in [-0.4, -0.2) is 39.4 Å². The lowest BCUT2D eigenvalue weighted by molar-refractivity contribution is -0.144. The van der Waals surface area contributed by atoms with Crippen LogP contribution >= 0.6 is 22.6 Å². The molecular formula is C19H21IN4O3. The molecular weight excluding hydrogens is 459 g/mol. The topological polar surface area (TPSA) is 79.1 Å². The summed E-state index contributed by atoms with van der Waals surface area (Å²) >= 11 is 2.17. The Balaban J connectivity index is 1.97. The zero-order chi connectivity index (χ0) is 19.4. The Morgan fingerprint density at radius 3 is 2.67 bits per heavy atom. The van der Waals surface area contributed by atoms with Gasteiger partial charge in [-0.15, -0.1) is 0 Å². The van der Waals surface area contributed by atoms with E-state index in [0.717, 1.165) is 38.6 Å². The Morgan fingerprint density at radius 2 is 2.00 bits per heavy atom. The van der Waals surface area contributed by atoms with Gasteiger partial charge in [0.1, 0.15) is 21.8 Å². The second-order valence-electron chi connectivity index (χ2n) is 6.11. The normalized spacial score (nSPS) is 11.0. The summed E-state index contributed by atoms with van der Waals surface area (Å²) < 4.78 is 13.3. The van der Waals surface area contributed by atoms with Crippen molar-refractivity contribution < 1.29 is 14.3 Å². The van der Waals surface area contributed by atoms with Crippen LogP contribution in [0.15, 0.2) is 24.5 Å². The number of fused-ring (bicyclic) bond motifs is 1. The summed E-state index contributed by atoms with van der Waals surface area (Å²) in [5, 5.41) is 5.44. The summed E-state index contributed by atoms with van der Waals surface area (Å²) in [5.74, 6) is 1.09. The van der Waals surface area contributed by atoms with Crippen LogP contribution in [0, 0.1) is 10.6 Å². The van der Waals surface area contributed by atoms with Crippen molar-refractivity contribution in [2.75, 3.05) is 13.7 Å². The van der Waals surface area contributed by atoms with Crippen molar-refractivity contribution in [1.29, 1.82) is 0 Å². The molecule has 0 fully saturated rings. The maximum Gasteiger partial charge on any atom is 0.327 e. The average molecular weight is 480 g/mol. The SMILES string of the molecule is CCCCOC(=O)Cn1nc(I)c2cc(-c3cnc(C)nc3)c(OC)cc21. The van der Waals surface area contributed by atoms with Gasteiger partial charge in [0.25, 0.3) is 0 Å². The Kier molecular flexibility index (Phi) is 6.25. The lowest BCUT2D eigenvalue weighted by Crippen LogP contribution is -2.15. The van der Waals surface area contributed by atoms with Crippen LogP contribution in [0.5, 0.6) is 5.75 Å². The van der Waals surface area contributed by atoms with Gasteiger partial charge in [0.05, 0.1) is 19.2 Å². The van der Waals surface area contributed by atoms with Gasteiger partial charge in [-0.2, -0.15) is 5.10 Å². The molecule has 1 aromatic carbocycles. The number of halogens is 1. The standard InChI is InChI=1S/C19H21IN4O3/c1-4-5-6-27-18(25)11-24-16-8-17(26-3)14(7-15(16)19(20)23-24)13-9-21-12(2)22-10-13/h7-10H,4-6,11H2,1-3H3. The predicted molar refractivity (Wildman–Crippen MR) is 111 cm³/mol. The molecule has 0 spiro atoms. The molecule has 0 aliphatic heterocycles. The first kappa shape index (κ1) is 19.5. The zero-order valence-electron chi connectivity index (χ0n) is 15.5. The van der Waals surface area contributed by atoms with Gasteiger partial charge in [-0.05, 0) is 42.0 Å². The molecule has 0 atom stereocenters. The van der Waals surface area contributed by atoms with Gasteiger partial charge in [0.15, 0.2) is 0 Å². The molecule has 8 heteroatoms. The van der Waals surface area contributed by atoms with Crippen LogP contribution in [0.25, 0.3) is 22.0 Å². The van der Waals surface area contributed by atoms with Crippen molar-refractivity contribution in [3.8, 4) is 16.9 Å². The van der Waals surface area contributed by atoms with Gasteiger partial charge < -0.3 is 9.47 Å². The monoisotopic (exact) mass is 480 g/mol. The highest BCUT2D eigenvalue weighted by Gasteiger charge is 2.17. The summed E-state index contributed by atoms with van der Waals surface area (Å²) in [5.41, 5.74) is 2.57. The van der Waals surface area contributed by atoms with Gasteiger partial charge in [-0.1, -0.05) is 13.3 Å². The Hall–Kier alpha value is -2.23.